The lowest BCUT2D eigenvalue weighted by Crippen LogP contribution is -2.00. The van der Waals surface area contributed by atoms with Gasteiger partial charge in [0.25, 0.3) is 0 Å². The summed E-state index contributed by atoms with van der Waals surface area (Å²) in [5.41, 5.74) is 2.27. The summed E-state index contributed by atoms with van der Waals surface area (Å²) in [5.74, 6) is 2.17. The molecule has 0 aliphatic heterocycles. The Morgan fingerprint density at radius 1 is 1.11 bits per heavy atom. The zero-order chi connectivity index (χ0) is 13.0. The van der Waals surface area contributed by atoms with Crippen LogP contribution in [-0.4, -0.2) is 17.1 Å². The molecule has 1 aromatic carbocycles. The summed E-state index contributed by atoms with van der Waals surface area (Å²) >= 11 is 0. The van der Waals surface area contributed by atoms with Gasteiger partial charge in [-0.3, -0.25) is 0 Å². The van der Waals surface area contributed by atoms with E-state index in [0.29, 0.717) is 12.3 Å². The number of hydrogen-bond acceptors (Lipinski definition) is 3. The van der Waals surface area contributed by atoms with Crippen molar-refractivity contribution in [2.45, 2.75) is 26.2 Å². The fourth-order valence-corrected chi connectivity index (χ4v) is 1.77. The van der Waals surface area contributed by atoms with Crippen LogP contribution in [0.25, 0.3) is 0 Å². The standard InChI is InChI=1S/C15H18N2O/c1-11(2)13-9-16-15(17-10-13)8-12-6-4-5-7-14(12)18-3/h4-7,9-11H,8H2,1-3H3. The van der Waals surface area contributed by atoms with Crippen LogP contribution in [0.15, 0.2) is 36.7 Å². The molecular weight excluding hydrogens is 224 g/mol. The average Bonchev–Trinajstić information content (AvgIpc) is 2.40. The highest BCUT2D eigenvalue weighted by molar-refractivity contribution is 5.35. The third-order valence-corrected chi connectivity index (χ3v) is 2.93. The number of ether oxygens (including phenoxy) is 1. The molecule has 1 heterocycles. The number of benzene rings is 1. The Morgan fingerprint density at radius 3 is 2.39 bits per heavy atom. The Balaban J connectivity index is 2.18. The smallest absolute Gasteiger partial charge is 0.132 e. The quantitative estimate of drug-likeness (QED) is 0.825. The molecule has 0 bridgehead atoms. The van der Waals surface area contributed by atoms with E-state index >= 15 is 0 Å². The van der Waals surface area contributed by atoms with Gasteiger partial charge in [0.1, 0.15) is 11.6 Å². The van der Waals surface area contributed by atoms with Gasteiger partial charge in [0, 0.05) is 24.4 Å². The molecule has 94 valence electrons. The minimum absolute atomic E-state index is 0.463. The number of hydrogen-bond donors (Lipinski definition) is 0. The Kier molecular flexibility index (Phi) is 3.92. The van der Waals surface area contributed by atoms with E-state index in [2.05, 4.69) is 23.8 Å². The molecule has 2 aromatic rings. The SMILES string of the molecule is COc1ccccc1Cc1ncc(C(C)C)cn1. The summed E-state index contributed by atoms with van der Waals surface area (Å²) in [5, 5.41) is 0. The van der Waals surface area contributed by atoms with E-state index in [1.807, 2.05) is 36.7 Å². The third kappa shape index (κ3) is 2.86. The average molecular weight is 242 g/mol. The number of methoxy groups -OCH3 is 1. The third-order valence-electron chi connectivity index (χ3n) is 2.93. The summed E-state index contributed by atoms with van der Waals surface area (Å²) in [4.78, 5) is 8.81. The second kappa shape index (κ2) is 5.63. The maximum absolute atomic E-state index is 5.32. The van der Waals surface area contributed by atoms with Crippen molar-refractivity contribution in [1.29, 1.82) is 0 Å². The van der Waals surface area contributed by atoms with Crippen molar-refractivity contribution in [3.05, 3.63) is 53.6 Å². The molecule has 0 amide bonds. The van der Waals surface area contributed by atoms with Crippen molar-refractivity contribution >= 4 is 0 Å². The van der Waals surface area contributed by atoms with Gasteiger partial charge in [-0.05, 0) is 17.5 Å². The zero-order valence-electron chi connectivity index (χ0n) is 11.1. The van der Waals surface area contributed by atoms with Crippen LogP contribution in [0, 0.1) is 0 Å². The minimum Gasteiger partial charge on any atom is -0.496 e. The summed E-state index contributed by atoms with van der Waals surface area (Å²) in [6.45, 7) is 4.27. The molecule has 0 saturated heterocycles. The highest BCUT2D eigenvalue weighted by Gasteiger charge is 2.06. The van der Waals surface area contributed by atoms with Crippen LogP contribution in [0.3, 0.4) is 0 Å². The van der Waals surface area contributed by atoms with Crippen LogP contribution in [0.4, 0.5) is 0 Å². The number of aromatic nitrogens is 2. The van der Waals surface area contributed by atoms with E-state index in [0.717, 1.165) is 17.1 Å². The molecule has 3 nitrogen and oxygen atoms in total. The van der Waals surface area contributed by atoms with Crippen molar-refractivity contribution in [3.63, 3.8) is 0 Å². The molecule has 0 fully saturated rings. The summed E-state index contributed by atoms with van der Waals surface area (Å²) < 4.78 is 5.32. The Morgan fingerprint density at radius 2 is 1.78 bits per heavy atom. The molecule has 0 radical (unpaired) electrons. The predicted octanol–water partition coefficient (Wildman–Crippen LogP) is 3.20. The van der Waals surface area contributed by atoms with Crippen LogP contribution in [-0.2, 0) is 6.42 Å². The Labute approximate surface area is 108 Å². The van der Waals surface area contributed by atoms with E-state index in [4.69, 9.17) is 4.74 Å². The molecule has 0 N–H and O–H groups in total. The van der Waals surface area contributed by atoms with Crippen LogP contribution in [0.5, 0.6) is 5.75 Å². The van der Waals surface area contributed by atoms with Gasteiger partial charge in [-0.15, -0.1) is 0 Å². The fraction of sp³-hybridized carbons (Fsp3) is 0.333. The van der Waals surface area contributed by atoms with Crippen LogP contribution in [0.2, 0.25) is 0 Å². The topological polar surface area (TPSA) is 35.0 Å². The van der Waals surface area contributed by atoms with Gasteiger partial charge in [0.2, 0.25) is 0 Å². The van der Waals surface area contributed by atoms with E-state index in [1.54, 1.807) is 7.11 Å². The zero-order valence-corrected chi connectivity index (χ0v) is 11.1. The van der Waals surface area contributed by atoms with Crippen LogP contribution < -0.4 is 4.74 Å². The maximum Gasteiger partial charge on any atom is 0.132 e. The molecule has 1 aromatic heterocycles. The fourth-order valence-electron chi connectivity index (χ4n) is 1.77. The molecule has 0 spiro atoms. The predicted molar refractivity (Wildman–Crippen MR) is 71.9 cm³/mol. The largest absolute Gasteiger partial charge is 0.496 e. The van der Waals surface area contributed by atoms with Gasteiger partial charge in [0.15, 0.2) is 0 Å². The second-order valence-corrected chi connectivity index (χ2v) is 4.58. The normalized spacial score (nSPS) is 10.7. The first kappa shape index (κ1) is 12.6. The van der Waals surface area contributed by atoms with Gasteiger partial charge in [-0.1, -0.05) is 32.0 Å². The van der Waals surface area contributed by atoms with Crippen molar-refractivity contribution in [2.24, 2.45) is 0 Å². The number of para-hydroxylation sites is 1. The van der Waals surface area contributed by atoms with E-state index < -0.39 is 0 Å². The monoisotopic (exact) mass is 242 g/mol. The lowest BCUT2D eigenvalue weighted by atomic mass is 10.1. The minimum atomic E-state index is 0.463. The Hall–Kier alpha value is -1.90. The van der Waals surface area contributed by atoms with E-state index in [1.165, 1.54) is 5.56 Å². The maximum atomic E-state index is 5.32. The van der Waals surface area contributed by atoms with Crippen LogP contribution >= 0.6 is 0 Å². The highest BCUT2D eigenvalue weighted by atomic mass is 16.5. The van der Waals surface area contributed by atoms with E-state index in [9.17, 15) is 0 Å². The molecule has 2 rings (SSSR count). The van der Waals surface area contributed by atoms with Gasteiger partial charge in [0.05, 0.1) is 7.11 Å². The molecule has 18 heavy (non-hydrogen) atoms. The highest BCUT2D eigenvalue weighted by Crippen LogP contribution is 2.20. The van der Waals surface area contributed by atoms with Crippen molar-refractivity contribution < 1.29 is 4.74 Å². The van der Waals surface area contributed by atoms with E-state index in [-0.39, 0.29) is 0 Å². The Bertz CT molecular complexity index is 506. The molecule has 0 aliphatic rings. The first-order valence-corrected chi connectivity index (χ1v) is 6.13. The lowest BCUT2D eigenvalue weighted by Gasteiger charge is -2.08. The number of nitrogens with zero attached hydrogens (tertiary/aromatic N) is 2. The first-order valence-electron chi connectivity index (χ1n) is 6.13. The van der Waals surface area contributed by atoms with Crippen LogP contribution in [0.1, 0.15) is 36.7 Å². The summed E-state index contributed by atoms with van der Waals surface area (Å²) in [6.07, 6.45) is 4.51. The molecule has 3 heteroatoms. The van der Waals surface area contributed by atoms with Gasteiger partial charge >= 0.3 is 0 Å². The molecule has 0 saturated carbocycles. The summed E-state index contributed by atoms with van der Waals surface area (Å²) in [6, 6.07) is 7.96. The van der Waals surface area contributed by atoms with Gasteiger partial charge in [-0.2, -0.15) is 0 Å². The van der Waals surface area contributed by atoms with Gasteiger partial charge < -0.3 is 4.74 Å². The summed E-state index contributed by atoms with van der Waals surface area (Å²) in [7, 11) is 1.68. The van der Waals surface area contributed by atoms with Crippen molar-refractivity contribution in [1.82, 2.24) is 9.97 Å². The number of rotatable bonds is 4. The molecule has 0 aliphatic carbocycles. The van der Waals surface area contributed by atoms with Crippen molar-refractivity contribution in [2.75, 3.05) is 7.11 Å². The second-order valence-electron chi connectivity index (χ2n) is 4.58. The van der Waals surface area contributed by atoms with Crippen molar-refractivity contribution in [3.8, 4) is 5.75 Å². The molecule has 0 unspecified atom stereocenters. The first-order chi connectivity index (χ1) is 8.70. The van der Waals surface area contributed by atoms with Gasteiger partial charge in [-0.25, -0.2) is 9.97 Å². The molecule has 0 atom stereocenters. The molecular formula is C15H18N2O. The lowest BCUT2D eigenvalue weighted by molar-refractivity contribution is 0.410.